The van der Waals surface area contributed by atoms with Crippen molar-refractivity contribution in [2.75, 3.05) is 33.9 Å². The minimum absolute atomic E-state index is 0.00331. The Labute approximate surface area is 72.9 Å². The van der Waals surface area contributed by atoms with Crippen LogP contribution in [0.15, 0.2) is 0 Å². The van der Waals surface area contributed by atoms with Gasteiger partial charge in [-0.05, 0) is 0 Å². The smallest absolute Gasteiger partial charge is 0.317 e. The van der Waals surface area contributed by atoms with Gasteiger partial charge in [0.15, 0.2) is 0 Å². The Bertz CT molecular complexity index is 176. The van der Waals surface area contributed by atoms with Crippen LogP contribution in [0, 0.1) is 5.41 Å². The molecule has 0 aromatic rings. The van der Waals surface area contributed by atoms with Crippen LogP contribution in [-0.4, -0.2) is 44.8 Å². The number of urea groups is 1. The van der Waals surface area contributed by atoms with Crippen LogP contribution >= 0.6 is 0 Å². The highest BCUT2D eigenvalue weighted by atomic mass is 16.5. The maximum Gasteiger partial charge on any atom is 0.317 e. The fourth-order valence-corrected chi connectivity index (χ4v) is 1.62. The molecule has 0 saturated carbocycles. The van der Waals surface area contributed by atoms with Crippen molar-refractivity contribution < 1.29 is 9.53 Å². The molecular formula is C8H16N2O2. The van der Waals surface area contributed by atoms with Crippen molar-refractivity contribution in [1.29, 1.82) is 0 Å². The Kier molecular flexibility index (Phi) is 2.57. The largest absolute Gasteiger partial charge is 0.384 e. The second-order valence-corrected chi connectivity index (χ2v) is 3.65. The van der Waals surface area contributed by atoms with Gasteiger partial charge >= 0.3 is 6.03 Å². The molecule has 70 valence electrons. The van der Waals surface area contributed by atoms with Crippen LogP contribution in [0.25, 0.3) is 0 Å². The topological polar surface area (TPSA) is 41.6 Å². The van der Waals surface area contributed by atoms with E-state index in [4.69, 9.17) is 4.74 Å². The van der Waals surface area contributed by atoms with Crippen molar-refractivity contribution >= 4 is 6.03 Å². The first kappa shape index (κ1) is 9.32. The molecule has 0 aromatic heterocycles. The zero-order valence-electron chi connectivity index (χ0n) is 7.89. The number of nitrogens with zero attached hydrogens (tertiary/aromatic N) is 1. The van der Waals surface area contributed by atoms with E-state index in [0.717, 1.165) is 19.7 Å². The van der Waals surface area contributed by atoms with Gasteiger partial charge in [0.05, 0.1) is 6.61 Å². The first-order valence-electron chi connectivity index (χ1n) is 4.07. The summed E-state index contributed by atoms with van der Waals surface area (Å²) in [4.78, 5) is 12.8. The molecule has 4 nitrogen and oxygen atoms in total. The number of carbonyl (C=O) groups is 1. The number of likely N-dealkylation sites (tertiary alicyclic amines) is 1. The van der Waals surface area contributed by atoms with Crippen LogP contribution in [0.5, 0.6) is 0 Å². The van der Waals surface area contributed by atoms with Gasteiger partial charge in [0.1, 0.15) is 0 Å². The van der Waals surface area contributed by atoms with Gasteiger partial charge in [-0.2, -0.15) is 0 Å². The second kappa shape index (κ2) is 3.31. The Morgan fingerprint density at radius 1 is 1.67 bits per heavy atom. The molecule has 0 spiro atoms. The van der Waals surface area contributed by atoms with Gasteiger partial charge in [0.25, 0.3) is 0 Å². The number of hydrogen-bond donors (Lipinski definition) is 1. The van der Waals surface area contributed by atoms with Gasteiger partial charge in [-0.1, -0.05) is 6.92 Å². The normalized spacial score (nSPS) is 20.1. The molecule has 12 heavy (non-hydrogen) atoms. The van der Waals surface area contributed by atoms with Gasteiger partial charge in [0.2, 0.25) is 0 Å². The number of rotatable bonds is 2. The third-order valence-corrected chi connectivity index (χ3v) is 2.14. The van der Waals surface area contributed by atoms with E-state index >= 15 is 0 Å². The van der Waals surface area contributed by atoms with E-state index in [1.165, 1.54) is 0 Å². The third-order valence-electron chi connectivity index (χ3n) is 2.14. The summed E-state index contributed by atoms with van der Waals surface area (Å²) in [7, 11) is 3.34. The van der Waals surface area contributed by atoms with E-state index in [-0.39, 0.29) is 11.4 Å². The molecule has 0 aromatic carbocycles. The van der Waals surface area contributed by atoms with Crippen molar-refractivity contribution in [3.8, 4) is 0 Å². The Balaban J connectivity index is 2.31. The molecular weight excluding hydrogens is 156 g/mol. The maximum atomic E-state index is 11.1. The van der Waals surface area contributed by atoms with Crippen LogP contribution in [0.1, 0.15) is 6.92 Å². The monoisotopic (exact) mass is 172 g/mol. The van der Waals surface area contributed by atoms with Crippen LogP contribution in [0.4, 0.5) is 4.79 Å². The minimum Gasteiger partial charge on any atom is -0.384 e. The summed E-state index contributed by atoms with van der Waals surface area (Å²) >= 11 is 0. The summed E-state index contributed by atoms with van der Waals surface area (Å²) < 4.78 is 5.05. The van der Waals surface area contributed by atoms with E-state index in [9.17, 15) is 4.79 Å². The lowest BCUT2D eigenvalue weighted by Crippen LogP contribution is -2.60. The summed E-state index contributed by atoms with van der Waals surface area (Å²) in [6.45, 7) is 4.43. The molecule has 1 rings (SSSR count). The molecule has 0 bridgehead atoms. The fourth-order valence-electron chi connectivity index (χ4n) is 1.62. The first-order chi connectivity index (χ1) is 5.61. The number of ether oxygens (including phenoxy) is 1. The zero-order chi connectivity index (χ0) is 9.19. The molecule has 0 atom stereocenters. The van der Waals surface area contributed by atoms with E-state index in [1.54, 1.807) is 19.1 Å². The van der Waals surface area contributed by atoms with Crippen LogP contribution in [0.2, 0.25) is 0 Å². The van der Waals surface area contributed by atoms with Crippen molar-refractivity contribution in [3.05, 3.63) is 0 Å². The quantitative estimate of drug-likeness (QED) is 0.650. The highest BCUT2D eigenvalue weighted by Gasteiger charge is 2.40. The van der Waals surface area contributed by atoms with Crippen molar-refractivity contribution in [2.45, 2.75) is 6.92 Å². The molecule has 1 aliphatic heterocycles. The summed E-state index contributed by atoms with van der Waals surface area (Å²) in [6, 6.07) is 0.00331. The van der Waals surface area contributed by atoms with Gasteiger partial charge in [-0.3, -0.25) is 0 Å². The molecule has 2 amide bonds. The molecule has 0 unspecified atom stereocenters. The van der Waals surface area contributed by atoms with E-state index in [0.29, 0.717) is 0 Å². The van der Waals surface area contributed by atoms with Gasteiger partial charge in [0, 0.05) is 32.7 Å². The molecule has 1 fully saturated rings. The maximum absolute atomic E-state index is 11.1. The Morgan fingerprint density at radius 2 is 2.25 bits per heavy atom. The third kappa shape index (κ3) is 1.69. The summed E-state index contributed by atoms with van der Waals surface area (Å²) in [6.07, 6.45) is 0. The Morgan fingerprint density at radius 3 is 2.67 bits per heavy atom. The van der Waals surface area contributed by atoms with Crippen LogP contribution < -0.4 is 5.32 Å². The van der Waals surface area contributed by atoms with Gasteiger partial charge < -0.3 is 15.0 Å². The second-order valence-electron chi connectivity index (χ2n) is 3.65. The van der Waals surface area contributed by atoms with Crippen molar-refractivity contribution in [1.82, 2.24) is 10.2 Å². The van der Waals surface area contributed by atoms with Crippen molar-refractivity contribution in [2.24, 2.45) is 5.41 Å². The molecule has 1 aliphatic rings. The van der Waals surface area contributed by atoms with E-state index < -0.39 is 0 Å². The first-order valence-corrected chi connectivity index (χ1v) is 4.07. The number of nitrogens with one attached hydrogen (secondary N) is 1. The number of methoxy groups -OCH3 is 1. The van der Waals surface area contributed by atoms with Crippen molar-refractivity contribution in [3.63, 3.8) is 0 Å². The lowest BCUT2D eigenvalue weighted by Gasteiger charge is -2.47. The zero-order valence-corrected chi connectivity index (χ0v) is 7.89. The standard InChI is InChI=1S/C8H16N2O2/c1-8(6-12-3)4-10(5-8)7(11)9-2/h4-6H2,1-3H3,(H,9,11). The number of amides is 2. The predicted molar refractivity (Wildman–Crippen MR) is 46.0 cm³/mol. The minimum atomic E-state index is 0.00331. The lowest BCUT2D eigenvalue weighted by molar-refractivity contribution is -0.0167. The van der Waals surface area contributed by atoms with Crippen LogP contribution in [0.3, 0.4) is 0 Å². The summed E-state index contributed by atoms with van der Waals surface area (Å²) in [5, 5.41) is 2.59. The van der Waals surface area contributed by atoms with Gasteiger partial charge in [-0.15, -0.1) is 0 Å². The summed E-state index contributed by atoms with van der Waals surface area (Å²) in [5.41, 5.74) is 0.168. The lowest BCUT2D eigenvalue weighted by atomic mass is 9.83. The molecule has 0 radical (unpaired) electrons. The molecule has 1 N–H and O–H groups in total. The van der Waals surface area contributed by atoms with E-state index in [2.05, 4.69) is 12.2 Å². The molecule has 0 aliphatic carbocycles. The molecule has 1 heterocycles. The SMILES string of the molecule is CNC(=O)N1CC(C)(COC)C1. The fraction of sp³-hybridized carbons (Fsp3) is 0.875. The summed E-state index contributed by atoms with van der Waals surface area (Å²) in [5.74, 6) is 0. The van der Waals surface area contributed by atoms with Gasteiger partial charge in [-0.25, -0.2) is 4.79 Å². The molecule has 1 saturated heterocycles. The average molecular weight is 172 g/mol. The average Bonchev–Trinajstić information content (AvgIpc) is 1.99. The predicted octanol–water partition coefficient (Wildman–Crippen LogP) is 0.294. The van der Waals surface area contributed by atoms with E-state index in [1.807, 2.05) is 0 Å². The highest BCUT2D eigenvalue weighted by Crippen LogP contribution is 2.29. The number of carbonyl (C=O) groups excluding carboxylic acids is 1. The Hall–Kier alpha value is -0.770. The van der Waals surface area contributed by atoms with Crippen LogP contribution in [-0.2, 0) is 4.74 Å². The molecule has 4 heteroatoms. The number of hydrogen-bond acceptors (Lipinski definition) is 2. The highest BCUT2D eigenvalue weighted by molar-refractivity contribution is 5.74.